The third-order valence-electron chi connectivity index (χ3n) is 4.01. The Bertz CT molecular complexity index is 531. The van der Waals surface area contributed by atoms with E-state index in [1.807, 2.05) is 0 Å². The molecule has 0 saturated carbocycles. The number of ether oxygens (including phenoxy) is 2. The summed E-state index contributed by atoms with van der Waals surface area (Å²) >= 11 is 0. The molecule has 1 aromatic carbocycles. The van der Waals surface area contributed by atoms with Crippen molar-refractivity contribution in [2.45, 2.75) is 38.8 Å². The number of halogens is 1. The molecule has 6 heteroatoms. The van der Waals surface area contributed by atoms with Gasteiger partial charge in [-0.3, -0.25) is 4.99 Å². The van der Waals surface area contributed by atoms with E-state index in [9.17, 15) is 0 Å². The van der Waals surface area contributed by atoms with E-state index in [1.165, 1.54) is 5.56 Å². The second kappa shape index (κ2) is 9.32. The fourth-order valence-corrected chi connectivity index (χ4v) is 2.73. The summed E-state index contributed by atoms with van der Waals surface area (Å²) in [6.07, 6.45) is 3.58. The van der Waals surface area contributed by atoms with E-state index < -0.39 is 0 Å². The van der Waals surface area contributed by atoms with Crippen molar-refractivity contribution in [1.29, 1.82) is 0 Å². The van der Waals surface area contributed by atoms with Crippen LogP contribution in [0.25, 0.3) is 0 Å². The van der Waals surface area contributed by atoms with Gasteiger partial charge in [-0.15, -0.1) is 24.0 Å². The first-order chi connectivity index (χ1) is 10.8. The van der Waals surface area contributed by atoms with Crippen LogP contribution in [0.2, 0.25) is 0 Å². The largest absolute Gasteiger partial charge is 0.491 e. The maximum absolute atomic E-state index is 6.02. The molecule has 1 fully saturated rings. The van der Waals surface area contributed by atoms with Gasteiger partial charge in [0.25, 0.3) is 0 Å². The average Bonchev–Trinajstić information content (AvgIpc) is 3.06. The molecule has 0 amide bonds. The molecule has 2 aliphatic rings. The van der Waals surface area contributed by atoms with E-state index in [0.29, 0.717) is 13.2 Å². The molecule has 2 heterocycles. The minimum Gasteiger partial charge on any atom is -0.491 e. The molecule has 23 heavy (non-hydrogen) atoms. The molecular formula is C17H26IN3O2. The monoisotopic (exact) mass is 431 g/mol. The zero-order chi connectivity index (χ0) is 15.2. The highest BCUT2D eigenvalue weighted by Gasteiger charge is 2.17. The SMILES string of the molecule is Cc1ccc(CNC2=NCCCN2)c(OCC2CCCO2)c1.I. The van der Waals surface area contributed by atoms with Gasteiger partial charge in [-0.1, -0.05) is 12.1 Å². The van der Waals surface area contributed by atoms with Crippen LogP contribution in [-0.2, 0) is 11.3 Å². The Morgan fingerprint density at radius 1 is 1.39 bits per heavy atom. The second-order valence-corrected chi connectivity index (χ2v) is 5.92. The van der Waals surface area contributed by atoms with Crippen molar-refractivity contribution < 1.29 is 9.47 Å². The minimum atomic E-state index is 0. The van der Waals surface area contributed by atoms with Gasteiger partial charge in [-0.25, -0.2) is 0 Å². The maximum atomic E-state index is 6.02. The Morgan fingerprint density at radius 3 is 3.04 bits per heavy atom. The zero-order valence-electron chi connectivity index (χ0n) is 13.6. The first-order valence-corrected chi connectivity index (χ1v) is 8.17. The molecular weight excluding hydrogens is 405 g/mol. The van der Waals surface area contributed by atoms with Crippen LogP contribution in [0.15, 0.2) is 23.2 Å². The molecule has 0 aliphatic carbocycles. The Labute approximate surface area is 155 Å². The van der Waals surface area contributed by atoms with Gasteiger partial charge < -0.3 is 20.1 Å². The van der Waals surface area contributed by atoms with Gasteiger partial charge in [0.2, 0.25) is 0 Å². The van der Waals surface area contributed by atoms with Gasteiger partial charge in [0, 0.05) is 31.8 Å². The number of guanidine groups is 1. The Kier molecular flexibility index (Phi) is 7.42. The fourth-order valence-electron chi connectivity index (χ4n) is 2.73. The predicted octanol–water partition coefficient (Wildman–Crippen LogP) is 2.61. The van der Waals surface area contributed by atoms with Crippen molar-refractivity contribution in [3.63, 3.8) is 0 Å². The first kappa shape index (κ1) is 18.3. The molecule has 0 radical (unpaired) electrons. The Balaban J connectivity index is 0.00000192. The van der Waals surface area contributed by atoms with Crippen LogP contribution in [0.5, 0.6) is 5.75 Å². The molecule has 128 valence electrons. The van der Waals surface area contributed by atoms with Crippen LogP contribution in [0.4, 0.5) is 0 Å². The van der Waals surface area contributed by atoms with E-state index in [-0.39, 0.29) is 30.1 Å². The second-order valence-electron chi connectivity index (χ2n) is 5.92. The van der Waals surface area contributed by atoms with Crippen LogP contribution in [-0.4, -0.2) is 38.4 Å². The zero-order valence-corrected chi connectivity index (χ0v) is 16.0. The highest BCUT2D eigenvalue weighted by atomic mass is 127. The van der Waals surface area contributed by atoms with Crippen molar-refractivity contribution in [2.24, 2.45) is 4.99 Å². The number of nitrogens with one attached hydrogen (secondary N) is 2. The van der Waals surface area contributed by atoms with E-state index in [1.54, 1.807) is 0 Å². The van der Waals surface area contributed by atoms with Gasteiger partial charge in [-0.05, 0) is 37.8 Å². The molecule has 0 bridgehead atoms. The molecule has 2 N–H and O–H groups in total. The van der Waals surface area contributed by atoms with Gasteiger partial charge >= 0.3 is 0 Å². The number of hydrogen-bond donors (Lipinski definition) is 2. The van der Waals surface area contributed by atoms with E-state index in [4.69, 9.17) is 9.47 Å². The summed E-state index contributed by atoms with van der Waals surface area (Å²) in [5.74, 6) is 1.83. The third-order valence-corrected chi connectivity index (χ3v) is 4.01. The predicted molar refractivity (Wildman–Crippen MR) is 103 cm³/mol. The van der Waals surface area contributed by atoms with Crippen molar-refractivity contribution in [1.82, 2.24) is 10.6 Å². The van der Waals surface area contributed by atoms with Gasteiger partial charge in [-0.2, -0.15) is 0 Å². The van der Waals surface area contributed by atoms with Crippen molar-refractivity contribution >= 4 is 29.9 Å². The summed E-state index contributed by atoms with van der Waals surface area (Å²) in [4.78, 5) is 4.43. The lowest BCUT2D eigenvalue weighted by atomic mass is 10.1. The molecule has 5 nitrogen and oxygen atoms in total. The lowest BCUT2D eigenvalue weighted by Gasteiger charge is -2.18. The lowest BCUT2D eigenvalue weighted by Crippen LogP contribution is -2.40. The highest BCUT2D eigenvalue weighted by Crippen LogP contribution is 2.22. The van der Waals surface area contributed by atoms with Crippen molar-refractivity contribution in [3.05, 3.63) is 29.3 Å². The molecule has 2 aliphatic heterocycles. The van der Waals surface area contributed by atoms with E-state index in [0.717, 1.165) is 56.2 Å². The number of rotatable bonds is 5. The number of aliphatic imine (C=N–C) groups is 1. The summed E-state index contributed by atoms with van der Waals surface area (Å²) in [6, 6.07) is 6.34. The standard InChI is InChI=1S/C17H25N3O2.HI/c1-13-5-6-14(11-20-17-18-7-3-8-19-17)16(10-13)22-12-15-4-2-9-21-15;/h5-6,10,15H,2-4,7-9,11-12H2,1H3,(H2,18,19,20);1H. The van der Waals surface area contributed by atoms with Gasteiger partial charge in [0.05, 0.1) is 6.10 Å². The van der Waals surface area contributed by atoms with Crippen molar-refractivity contribution in [2.75, 3.05) is 26.3 Å². The number of benzene rings is 1. The van der Waals surface area contributed by atoms with Crippen molar-refractivity contribution in [3.8, 4) is 5.75 Å². The highest BCUT2D eigenvalue weighted by molar-refractivity contribution is 14.0. The Morgan fingerprint density at radius 2 is 2.30 bits per heavy atom. The molecule has 1 unspecified atom stereocenters. The quantitative estimate of drug-likeness (QED) is 0.704. The van der Waals surface area contributed by atoms with Crippen LogP contribution in [0, 0.1) is 6.92 Å². The third kappa shape index (κ3) is 5.53. The molecule has 0 spiro atoms. The van der Waals surface area contributed by atoms with Gasteiger partial charge in [0.15, 0.2) is 5.96 Å². The molecule has 3 rings (SSSR count). The van der Waals surface area contributed by atoms with Crippen LogP contribution in [0.3, 0.4) is 0 Å². The van der Waals surface area contributed by atoms with Crippen LogP contribution >= 0.6 is 24.0 Å². The lowest BCUT2D eigenvalue weighted by molar-refractivity contribution is 0.0676. The van der Waals surface area contributed by atoms with E-state index >= 15 is 0 Å². The molecule has 1 saturated heterocycles. The summed E-state index contributed by atoms with van der Waals surface area (Å²) < 4.78 is 11.6. The fraction of sp³-hybridized carbons (Fsp3) is 0.588. The Hall–Kier alpha value is -1.02. The van der Waals surface area contributed by atoms with E-state index in [2.05, 4.69) is 40.7 Å². The minimum absolute atomic E-state index is 0. The summed E-state index contributed by atoms with van der Waals surface area (Å²) in [6.45, 7) is 6.18. The molecule has 0 aromatic heterocycles. The van der Waals surface area contributed by atoms with Crippen LogP contribution < -0.4 is 15.4 Å². The smallest absolute Gasteiger partial charge is 0.191 e. The molecule has 1 atom stereocenters. The summed E-state index contributed by atoms with van der Waals surface area (Å²) in [5, 5.41) is 6.63. The van der Waals surface area contributed by atoms with Gasteiger partial charge in [0.1, 0.15) is 12.4 Å². The topological polar surface area (TPSA) is 54.9 Å². The normalized spacial score (nSPS) is 20.2. The molecule has 1 aromatic rings. The number of nitrogens with zero attached hydrogens (tertiary/aromatic N) is 1. The number of aryl methyl sites for hydroxylation is 1. The average molecular weight is 431 g/mol. The summed E-state index contributed by atoms with van der Waals surface area (Å²) in [5.41, 5.74) is 2.36. The van der Waals surface area contributed by atoms with Crippen LogP contribution in [0.1, 0.15) is 30.4 Å². The number of hydrogen-bond acceptors (Lipinski definition) is 5. The first-order valence-electron chi connectivity index (χ1n) is 8.17. The summed E-state index contributed by atoms with van der Waals surface area (Å²) in [7, 11) is 0. The maximum Gasteiger partial charge on any atom is 0.191 e.